The maximum Gasteiger partial charge on any atom is 0.219 e. The van der Waals surface area contributed by atoms with E-state index in [4.69, 9.17) is 22.1 Å². The fraction of sp³-hybridized carbons (Fsp3) is 0.312. The Kier molecular flexibility index (Phi) is 4.63. The van der Waals surface area contributed by atoms with Crippen molar-refractivity contribution in [3.05, 3.63) is 52.2 Å². The molecule has 20 heavy (non-hydrogen) atoms. The van der Waals surface area contributed by atoms with Crippen molar-refractivity contribution in [1.82, 2.24) is 4.98 Å². The highest BCUT2D eigenvalue weighted by Crippen LogP contribution is 2.30. The van der Waals surface area contributed by atoms with Crippen LogP contribution in [0.3, 0.4) is 0 Å². The van der Waals surface area contributed by atoms with Gasteiger partial charge in [0.05, 0.1) is 5.02 Å². The highest BCUT2D eigenvalue weighted by Gasteiger charge is 2.09. The average molecular weight is 291 g/mol. The molecule has 1 heterocycles. The monoisotopic (exact) mass is 290 g/mol. The van der Waals surface area contributed by atoms with E-state index in [2.05, 4.69) is 18.8 Å². The lowest BCUT2D eigenvalue weighted by Crippen LogP contribution is -2.02. The predicted molar refractivity (Wildman–Crippen MR) is 82.5 cm³/mol. The fourth-order valence-corrected chi connectivity index (χ4v) is 2.01. The molecule has 0 unspecified atom stereocenters. The molecule has 0 atom stereocenters. The van der Waals surface area contributed by atoms with E-state index in [1.807, 2.05) is 37.3 Å². The first-order chi connectivity index (χ1) is 9.49. The van der Waals surface area contributed by atoms with Gasteiger partial charge in [-0.2, -0.15) is 0 Å². The number of benzene rings is 1. The van der Waals surface area contributed by atoms with Crippen LogP contribution in [0.25, 0.3) is 0 Å². The summed E-state index contributed by atoms with van der Waals surface area (Å²) in [5.41, 5.74) is 8.78. The summed E-state index contributed by atoms with van der Waals surface area (Å²) in [7, 11) is 0. The molecule has 0 aliphatic rings. The number of rotatable bonds is 4. The van der Waals surface area contributed by atoms with Crippen molar-refractivity contribution in [3.8, 4) is 11.6 Å². The van der Waals surface area contributed by atoms with E-state index in [9.17, 15) is 0 Å². The smallest absolute Gasteiger partial charge is 0.219 e. The standard InChI is InChI=1S/C16H19ClN2O/c1-10(2)14-7-12(9-18)8-16(19-14)20-15-6-11(3)4-5-13(15)17/h4-8,10H,9,18H2,1-3H3. The van der Waals surface area contributed by atoms with Crippen molar-refractivity contribution in [2.45, 2.75) is 33.2 Å². The first-order valence-electron chi connectivity index (χ1n) is 6.64. The van der Waals surface area contributed by atoms with Gasteiger partial charge < -0.3 is 10.5 Å². The molecule has 0 aliphatic heterocycles. The summed E-state index contributed by atoms with van der Waals surface area (Å²) in [4.78, 5) is 4.51. The van der Waals surface area contributed by atoms with Gasteiger partial charge in [-0.15, -0.1) is 0 Å². The summed E-state index contributed by atoms with van der Waals surface area (Å²) in [6, 6.07) is 9.52. The van der Waals surface area contributed by atoms with Crippen LogP contribution in [0, 0.1) is 6.92 Å². The Hall–Kier alpha value is -1.58. The van der Waals surface area contributed by atoms with Crippen molar-refractivity contribution < 1.29 is 4.74 Å². The summed E-state index contributed by atoms with van der Waals surface area (Å²) < 4.78 is 5.82. The SMILES string of the molecule is Cc1ccc(Cl)c(Oc2cc(CN)cc(C(C)C)n2)c1. The Labute approximate surface area is 124 Å². The highest BCUT2D eigenvalue weighted by atomic mass is 35.5. The molecule has 0 radical (unpaired) electrons. The van der Waals surface area contributed by atoms with Gasteiger partial charge in [-0.1, -0.05) is 31.5 Å². The van der Waals surface area contributed by atoms with Gasteiger partial charge in [0.1, 0.15) is 5.75 Å². The quantitative estimate of drug-likeness (QED) is 0.907. The molecule has 106 valence electrons. The molecule has 3 nitrogen and oxygen atoms in total. The zero-order chi connectivity index (χ0) is 14.7. The van der Waals surface area contributed by atoms with E-state index < -0.39 is 0 Å². The van der Waals surface area contributed by atoms with Crippen molar-refractivity contribution in [1.29, 1.82) is 0 Å². The van der Waals surface area contributed by atoms with E-state index in [0.29, 0.717) is 29.1 Å². The number of hydrogen-bond donors (Lipinski definition) is 1. The third kappa shape index (κ3) is 3.50. The Balaban J connectivity index is 2.37. The van der Waals surface area contributed by atoms with Crippen LogP contribution in [-0.2, 0) is 6.54 Å². The maximum absolute atomic E-state index is 6.14. The predicted octanol–water partition coefficient (Wildman–Crippen LogP) is 4.42. The minimum Gasteiger partial charge on any atom is -0.437 e. The van der Waals surface area contributed by atoms with Crippen LogP contribution in [0.5, 0.6) is 11.6 Å². The fourth-order valence-electron chi connectivity index (χ4n) is 1.85. The highest BCUT2D eigenvalue weighted by molar-refractivity contribution is 6.32. The molecule has 0 aliphatic carbocycles. The minimum absolute atomic E-state index is 0.317. The second-order valence-corrected chi connectivity index (χ2v) is 5.54. The van der Waals surface area contributed by atoms with Crippen LogP contribution in [0.2, 0.25) is 5.02 Å². The van der Waals surface area contributed by atoms with Crippen LogP contribution < -0.4 is 10.5 Å². The topological polar surface area (TPSA) is 48.1 Å². The van der Waals surface area contributed by atoms with Crippen molar-refractivity contribution in [2.75, 3.05) is 0 Å². The van der Waals surface area contributed by atoms with Gasteiger partial charge in [-0.05, 0) is 42.2 Å². The summed E-state index contributed by atoms with van der Waals surface area (Å²) in [6.45, 7) is 6.63. The lowest BCUT2D eigenvalue weighted by molar-refractivity contribution is 0.458. The van der Waals surface area contributed by atoms with Gasteiger partial charge >= 0.3 is 0 Å². The van der Waals surface area contributed by atoms with Gasteiger partial charge in [-0.3, -0.25) is 0 Å². The second-order valence-electron chi connectivity index (χ2n) is 5.13. The maximum atomic E-state index is 6.14. The molecule has 2 rings (SSSR count). The molecule has 0 amide bonds. The lowest BCUT2D eigenvalue weighted by Gasteiger charge is -2.12. The zero-order valence-corrected chi connectivity index (χ0v) is 12.7. The minimum atomic E-state index is 0.317. The number of aromatic nitrogens is 1. The number of hydrogen-bond acceptors (Lipinski definition) is 3. The molecular weight excluding hydrogens is 272 g/mol. The van der Waals surface area contributed by atoms with Gasteiger partial charge in [0.2, 0.25) is 5.88 Å². The first-order valence-corrected chi connectivity index (χ1v) is 7.02. The molecule has 2 N–H and O–H groups in total. The number of nitrogens with two attached hydrogens (primary N) is 1. The molecule has 0 spiro atoms. The number of nitrogens with zero attached hydrogens (tertiary/aromatic N) is 1. The Morgan fingerprint density at radius 2 is 2.00 bits per heavy atom. The van der Waals surface area contributed by atoms with Gasteiger partial charge in [0.25, 0.3) is 0 Å². The third-order valence-electron chi connectivity index (χ3n) is 3.01. The van der Waals surface area contributed by atoms with E-state index >= 15 is 0 Å². The molecule has 0 fully saturated rings. The van der Waals surface area contributed by atoms with Gasteiger partial charge in [-0.25, -0.2) is 4.98 Å². The Morgan fingerprint density at radius 1 is 1.25 bits per heavy atom. The zero-order valence-electron chi connectivity index (χ0n) is 12.0. The van der Waals surface area contributed by atoms with Crippen LogP contribution in [0.1, 0.15) is 36.6 Å². The number of halogens is 1. The third-order valence-corrected chi connectivity index (χ3v) is 3.32. The second kappa shape index (κ2) is 6.25. The molecule has 0 saturated heterocycles. The number of ether oxygens (including phenoxy) is 1. The lowest BCUT2D eigenvalue weighted by atomic mass is 10.1. The largest absolute Gasteiger partial charge is 0.437 e. The Morgan fingerprint density at radius 3 is 2.65 bits per heavy atom. The van der Waals surface area contributed by atoms with E-state index in [1.54, 1.807) is 0 Å². The molecule has 1 aromatic carbocycles. The van der Waals surface area contributed by atoms with Gasteiger partial charge in [0, 0.05) is 18.3 Å². The van der Waals surface area contributed by atoms with Crippen molar-refractivity contribution in [2.24, 2.45) is 5.73 Å². The Bertz CT molecular complexity index is 611. The van der Waals surface area contributed by atoms with E-state index in [1.165, 1.54) is 0 Å². The normalized spacial score (nSPS) is 10.9. The molecule has 0 bridgehead atoms. The van der Waals surface area contributed by atoms with E-state index in [0.717, 1.165) is 16.8 Å². The first kappa shape index (κ1) is 14.8. The molecule has 2 aromatic rings. The summed E-state index contributed by atoms with van der Waals surface area (Å²) in [6.07, 6.45) is 0. The van der Waals surface area contributed by atoms with Crippen LogP contribution in [0.15, 0.2) is 30.3 Å². The van der Waals surface area contributed by atoms with E-state index in [-0.39, 0.29) is 0 Å². The number of pyridine rings is 1. The van der Waals surface area contributed by atoms with Gasteiger partial charge in [0.15, 0.2) is 0 Å². The summed E-state index contributed by atoms with van der Waals surface area (Å²) >= 11 is 6.14. The number of aryl methyl sites for hydroxylation is 1. The molecule has 0 saturated carbocycles. The molecule has 1 aromatic heterocycles. The summed E-state index contributed by atoms with van der Waals surface area (Å²) in [5, 5.41) is 0.571. The summed E-state index contributed by atoms with van der Waals surface area (Å²) in [5.74, 6) is 1.46. The van der Waals surface area contributed by atoms with Crippen LogP contribution in [0.4, 0.5) is 0 Å². The van der Waals surface area contributed by atoms with Crippen LogP contribution in [-0.4, -0.2) is 4.98 Å². The average Bonchev–Trinajstić information content (AvgIpc) is 2.42. The van der Waals surface area contributed by atoms with Crippen molar-refractivity contribution in [3.63, 3.8) is 0 Å². The molecule has 4 heteroatoms. The van der Waals surface area contributed by atoms with Crippen LogP contribution >= 0.6 is 11.6 Å². The van der Waals surface area contributed by atoms with Crippen molar-refractivity contribution >= 4 is 11.6 Å². The molecular formula is C16H19ClN2O.